The fourth-order valence-corrected chi connectivity index (χ4v) is 1.68. The molecule has 4 heteroatoms. The van der Waals surface area contributed by atoms with Gasteiger partial charge < -0.3 is 4.84 Å². The van der Waals surface area contributed by atoms with Crippen LogP contribution in [0.15, 0.2) is 27.1 Å². The summed E-state index contributed by atoms with van der Waals surface area (Å²) in [5.41, 5.74) is 4.13. The van der Waals surface area contributed by atoms with Gasteiger partial charge >= 0.3 is 0 Å². The van der Waals surface area contributed by atoms with E-state index in [9.17, 15) is 0 Å². The van der Waals surface area contributed by atoms with Crippen molar-refractivity contribution in [2.24, 2.45) is 5.92 Å². The third kappa shape index (κ3) is 5.11. The predicted octanol–water partition coefficient (Wildman–Crippen LogP) is 3.89. The summed E-state index contributed by atoms with van der Waals surface area (Å²) in [4.78, 5) is 5.29. The van der Waals surface area contributed by atoms with Crippen molar-refractivity contribution in [1.29, 1.82) is 0 Å². The van der Waals surface area contributed by atoms with Crippen LogP contribution < -0.4 is 5.48 Å². The maximum absolute atomic E-state index is 5.29. The molecule has 1 aromatic carbocycles. The fraction of sp³-hybridized carbons (Fsp3) is 0.455. The molecule has 0 saturated heterocycles. The SMILES string of the molecule is CC(C)CONCc1ccc(Br)c(Br)c1. The summed E-state index contributed by atoms with van der Waals surface area (Å²) < 4.78 is 2.13. The fourth-order valence-electron chi connectivity index (χ4n) is 1.01. The van der Waals surface area contributed by atoms with Crippen molar-refractivity contribution in [3.8, 4) is 0 Å². The molecule has 1 rings (SSSR count). The van der Waals surface area contributed by atoms with Crippen LogP contribution in [0.3, 0.4) is 0 Å². The first kappa shape index (κ1) is 13.2. The lowest BCUT2D eigenvalue weighted by Crippen LogP contribution is -2.17. The van der Waals surface area contributed by atoms with Gasteiger partial charge in [-0.05, 0) is 55.5 Å². The second kappa shape index (κ2) is 6.63. The highest BCUT2D eigenvalue weighted by atomic mass is 79.9. The van der Waals surface area contributed by atoms with Crippen LogP contribution in [0.5, 0.6) is 0 Å². The number of benzene rings is 1. The zero-order valence-corrected chi connectivity index (χ0v) is 12.1. The number of nitrogens with one attached hydrogen (secondary N) is 1. The number of hydrogen-bond acceptors (Lipinski definition) is 2. The first-order chi connectivity index (χ1) is 7.09. The van der Waals surface area contributed by atoms with E-state index in [4.69, 9.17) is 4.84 Å². The first-order valence-corrected chi connectivity index (χ1v) is 6.46. The van der Waals surface area contributed by atoms with Crippen LogP contribution in [-0.4, -0.2) is 6.61 Å². The molecule has 0 bridgehead atoms. The van der Waals surface area contributed by atoms with Crippen LogP contribution >= 0.6 is 31.9 Å². The lowest BCUT2D eigenvalue weighted by Gasteiger charge is -2.08. The summed E-state index contributed by atoms with van der Waals surface area (Å²) in [7, 11) is 0. The monoisotopic (exact) mass is 335 g/mol. The van der Waals surface area contributed by atoms with Crippen molar-refractivity contribution in [2.75, 3.05) is 6.61 Å². The van der Waals surface area contributed by atoms with Gasteiger partial charge in [0, 0.05) is 15.5 Å². The Kier molecular flexibility index (Phi) is 5.82. The molecule has 0 aliphatic heterocycles. The molecule has 0 atom stereocenters. The molecule has 0 fully saturated rings. The Balaban J connectivity index is 2.35. The smallest absolute Gasteiger partial charge is 0.0705 e. The molecule has 2 nitrogen and oxygen atoms in total. The van der Waals surface area contributed by atoms with E-state index in [1.54, 1.807) is 0 Å². The van der Waals surface area contributed by atoms with Crippen LogP contribution in [0.25, 0.3) is 0 Å². The molecule has 0 heterocycles. The Morgan fingerprint density at radius 1 is 1.27 bits per heavy atom. The van der Waals surface area contributed by atoms with E-state index in [-0.39, 0.29) is 0 Å². The number of hydrogen-bond donors (Lipinski definition) is 1. The summed E-state index contributed by atoms with van der Waals surface area (Å²) in [6.45, 7) is 5.70. The average Bonchev–Trinajstić information content (AvgIpc) is 2.18. The molecule has 0 amide bonds. The van der Waals surface area contributed by atoms with Crippen molar-refractivity contribution >= 4 is 31.9 Å². The highest BCUT2D eigenvalue weighted by molar-refractivity contribution is 9.13. The Bertz CT molecular complexity index is 315. The van der Waals surface area contributed by atoms with E-state index in [0.717, 1.165) is 22.1 Å². The maximum atomic E-state index is 5.29. The van der Waals surface area contributed by atoms with Crippen LogP contribution in [0, 0.1) is 5.92 Å². The zero-order valence-electron chi connectivity index (χ0n) is 8.89. The van der Waals surface area contributed by atoms with Crippen molar-refractivity contribution in [1.82, 2.24) is 5.48 Å². The topological polar surface area (TPSA) is 21.3 Å². The van der Waals surface area contributed by atoms with Crippen LogP contribution in [-0.2, 0) is 11.4 Å². The molecule has 84 valence electrons. The second-order valence-corrected chi connectivity index (χ2v) is 5.48. The van der Waals surface area contributed by atoms with E-state index in [1.165, 1.54) is 5.56 Å². The molecular formula is C11H15Br2NO. The normalized spacial score (nSPS) is 11.0. The number of hydroxylamine groups is 1. The maximum Gasteiger partial charge on any atom is 0.0705 e. The quantitative estimate of drug-likeness (QED) is 0.650. The molecule has 1 aromatic rings. The third-order valence-corrected chi connectivity index (χ3v) is 3.66. The molecule has 0 unspecified atom stereocenters. The lowest BCUT2D eigenvalue weighted by molar-refractivity contribution is 0.0196. The van der Waals surface area contributed by atoms with Crippen molar-refractivity contribution in [2.45, 2.75) is 20.4 Å². The second-order valence-electron chi connectivity index (χ2n) is 3.77. The van der Waals surface area contributed by atoms with Gasteiger partial charge in [0.2, 0.25) is 0 Å². The van der Waals surface area contributed by atoms with E-state index >= 15 is 0 Å². The van der Waals surface area contributed by atoms with Gasteiger partial charge in [-0.15, -0.1) is 0 Å². The molecular weight excluding hydrogens is 322 g/mol. The Morgan fingerprint density at radius 2 is 2.00 bits per heavy atom. The Morgan fingerprint density at radius 3 is 2.60 bits per heavy atom. The van der Waals surface area contributed by atoms with Gasteiger partial charge in [0.25, 0.3) is 0 Å². The molecule has 0 spiro atoms. The number of rotatable bonds is 5. The molecule has 0 aliphatic rings. The standard InChI is InChI=1S/C11H15Br2NO/c1-8(2)7-15-14-6-9-3-4-10(12)11(13)5-9/h3-5,8,14H,6-7H2,1-2H3. The van der Waals surface area contributed by atoms with Crippen LogP contribution in [0.1, 0.15) is 19.4 Å². The van der Waals surface area contributed by atoms with Crippen molar-refractivity contribution in [3.63, 3.8) is 0 Å². The highest BCUT2D eigenvalue weighted by Crippen LogP contribution is 2.23. The van der Waals surface area contributed by atoms with Gasteiger partial charge in [-0.2, -0.15) is 5.48 Å². The van der Waals surface area contributed by atoms with Crippen LogP contribution in [0.4, 0.5) is 0 Å². The molecule has 15 heavy (non-hydrogen) atoms. The Labute approximate surface area is 108 Å². The van der Waals surface area contributed by atoms with E-state index < -0.39 is 0 Å². The van der Waals surface area contributed by atoms with Gasteiger partial charge in [0.1, 0.15) is 0 Å². The van der Waals surface area contributed by atoms with Crippen molar-refractivity contribution < 1.29 is 4.84 Å². The first-order valence-electron chi connectivity index (χ1n) is 4.88. The van der Waals surface area contributed by atoms with E-state index in [1.807, 2.05) is 6.07 Å². The minimum absolute atomic E-state index is 0.550. The molecule has 0 saturated carbocycles. The van der Waals surface area contributed by atoms with Gasteiger partial charge in [-0.25, -0.2) is 0 Å². The summed E-state index contributed by atoms with van der Waals surface area (Å²) in [5.74, 6) is 0.550. The summed E-state index contributed by atoms with van der Waals surface area (Å²) in [5, 5.41) is 0. The molecule has 0 aliphatic carbocycles. The molecule has 0 radical (unpaired) electrons. The zero-order chi connectivity index (χ0) is 11.3. The average molecular weight is 337 g/mol. The minimum atomic E-state index is 0.550. The van der Waals surface area contributed by atoms with Gasteiger partial charge in [0.15, 0.2) is 0 Å². The van der Waals surface area contributed by atoms with Gasteiger partial charge in [0.05, 0.1) is 6.61 Å². The molecule has 1 N–H and O–H groups in total. The Hall–Kier alpha value is 0.1000. The van der Waals surface area contributed by atoms with Gasteiger partial charge in [-0.3, -0.25) is 0 Å². The van der Waals surface area contributed by atoms with E-state index in [2.05, 4.69) is 63.3 Å². The van der Waals surface area contributed by atoms with Gasteiger partial charge in [-0.1, -0.05) is 19.9 Å². The number of halogens is 2. The largest absolute Gasteiger partial charge is 0.301 e. The summed E-state index contributed by atoms with van der Waals surface area (Å²) in [6.07, 6.45) is 0. The minimum Gasteiger partial charge on any atom is -0.301 e. The lowest BCUT2D eigenvalue weighted by atomic mass is 10.2. The van der Waals surface area contributed by atoms with E-state index in [0.29, 0.717) is 5.92 Å². The third-order valence-electron chi connectivity index (χ3n) is 1.78. The highest BCUT2D eigenvalue weighted by Gasteiger charge is 1.99. The molecule has 0 aromatic heterocycles. The van der Waals surface area contributed by atoms with Crippen LogP contribution in [0.2, 0.25) is 0 Å². The summed E-state index contributed by atoms with van der Waals surface area (Å²) in [6, 6.07) is 6.14. The van der Waals surface area contributed by atoms with Crippen molar-refractivity contribution in [3.05, 3.63) is 32.7 Å². The predicted molar refractivity (Wildman–Crippen MR) is 69.5 cm³/mol. The summed E-state index contributed by atoms with van der Waals surface area (Å²) >= 11 is 6.89.